The molecule has 0 unspecified atom stereocenters. The van der Waals surface area contributed by atoms with Gasteiger partial charge in [-0.1, -0.05) is 43.0 Å². The van der Waals surface area contributed by atoms with E-state index in [0.29, 0.717) is 17.9 Å². The SMILES string of the molecule is O=C(CC1CCCCC1)Oc1cccc(C=C2SC(=O)NC2=O)c1Cl. The molecular formula is C18H18ClNO4S. The maximum Gasteiger partial charge on any atom is 0.311 e. The zero-order valence-electron chi connectivity index (χ0n) is 13.5. The predicted octanol–water partition coefficient (Wildman–Crippen LogP) is 4.54. The minimum atomic E-state index is -0.453. The second-order valence-electron chi connectivity index (χ2n) is 6.19. The van der Waals surface area contributed by atoms with Crippen molar-refractivity contribution in [2.24, 2.45) is 5.92 Å². The van der Waals surface area contributed by atoms with Gasteiger partial charge in [-0.25, -0.2) is 0 Å². The minimum Gasteiger partial charge on any atom is -0.425 e. The van der Waals surface area contributed by atoms with Gasteiger partial charge in [-0.3, -0.25) is 19.7 Å². The van der Waals surface area contributed by atoms with Gasteiger partial charge in [0.05, 0.1) is 9.93 Å². The van der Waals surface area contributed by atoms with Crippen molar-refractivity contribution in [2.75, 3.05) is 0 Å². The van der Waals surface area contributed by atoms with E-state index in [0.717, 1.165) is 24.6 Å². The van der Waals surface area contributed by atoms with Crippen LogP contribution in [-0.2, 0) is 9.59 Å². The van der Waals surface area contributed by atoms with Gasteiger partial charge in [-0.05, 0) is 48.2 Å². The summed E-state index contributed by atoms with van der Waals surface area (Å²) in [5, 5.41) is 2.02. The number of amides is 2. The highest BCUT2D eigenvalue weighted by Gasteiger charge is 2.25. The molecule has 0 spiro atoms. The van der Waals surface area contributed by atoms with Crippen molar-refractivity contribution < 1.29 is 19.1 Å². The Morgan fingerprint density at radius 2 is 2.04 bits per heavy atom. The first kappa shape index (κ1) is 18.0. The Morgan fingerprint density at radius 3 is 2.72 bits per heavy atom. The van der Waals surface area contributed by atoms with E-state index < -0.39 is 11.1 Å². The van der Waals surface area contributed by atoms with Crippen molar-refractivity contribution in [1.29, 1.82) is 0 Å². The molecule has 1 saturated heterocycles. The van der Waals surface area contributed by atoms with Crippen LogP contribution >= 0.6 is 23.4 Å². The Hall–Kier alpha value is -1.79. The van der Waals surface area contributed by atoms with Crippen molar-refractivity contribution >= 4 is 46.6 Å². The Labute approximate surface area is 155 Å². The molecule has 5 nitrogen and oxygen atoms in total. The van der Waals surface area contributed by atoms with Crippen LogP contribution in [0.4, 0.5) is 4.79 Å². The van der Waals surface area contributed by atoms with Crippen molar-refractivity contribution in [3.63, 3.8) is 0 Å². The van der Waals surface area contributed by atoms with Crippen LogP contribution in [0.3, 0.4) is 0 Å². The molecule has 1 aliphatic heterocycles. The van der Waals surface area contributed by atoms with E-state index in [1.165, 1.54) is 25.3 Å². The monoisotopic (exact) mass is 379 g/mol. The number of hydrogen-bond acceptors (Lipinski definition) is 5. The fraction of sp³-hybridized carbons (Fsp3) is 0.389. The fourth-order valence-corrected chi connectivity index (χ4v) is 3.96. The number of rotatable bonds is 4. The average Bonchev–Trinajstić information content (AvgIpc) is 2.89. The van der Waals surface area contributed by atoms with E-state index in [4.69, 9.17) is 16.3 Å². The normalized spacial score (nSPS) is 20.0. The van der Waals surface area contributed by atoms with Gasteiger partial charge in [-0.15, -0.1) is 0 Å². The van der Waals surface area contributed by atoms with Gasteiger partial charge in [0, 0.05) is 6.42 Å². The molecule has 0 atom stereocenters. The van der Waals surface area contributed by atoms with E-state index in [1.807, 2.05) is 0 Å². The summed E-state index contributed by atoms with van der Waals surface area (Å²) in [4.78, 5) is 35.3. The molecule has 25 heavy (non-hydrogen) atoms. The highest BCUT2D eigenvalue weighted by atomic mass is 35.5. The first-order valence-electron chi connectivity index (χ1n) is 8.27. The van der Waals surface area contributed by atoms with Crippen LogP contribution in [0.2, 0.25) is 5.02 Å². The van der Waals surface area contributed by atoms with Crippen molar-refractivity contribution in [2.45, 2.75) is 38.5 Å². The molecule has 1 N–H and O–H groups in total. The molecule has 7 heteroatoms. The van der Waals surface area contributed by atoms with Crippen LogP contribution < -0.4 is 10.1 Å². The number of benzene rings is 1. The summed E-state index contributed by atoms with van der Waals surface area (Å²) in [5.41, 5.74) is 0.525. The molecule has 1 aliphatic carbocycles. The summed E-state index contributed by atoms with van der Waals surface area (Å²) in [5.74, 6) is -0.0889. The van der Waals surface area contributed by atoms with Gasteiger partial charge in [0.1, 0.15) is 5.75 Å². The smallest absolute Gasteiger partial charge is 0.311 e. The number of halogens is 1. The molecule has 3 rings (SSSR count). The van der Waals surface area contributed by atoms with Gasteiger partial charge in [0.2, 0.25) is 0 Å². The van der Waals surface area contributed by atoms with Crippen molar-refractivity contribution in [3.8, 4) is 5.75 Å². The highest BCUT2D eigenvalue weighted by Crippen LogP contribution is 2.34. The number of thioether (sulfide) groups is 1. The summed E-state index contributed by atoms with van der Waals surface area (Å²) in [6.07, 6.45) is 7.62. The molecule has 1 saturated carbocycles. The molecule has 0 bridgehead atoms. The number of carbonyl (C=O) groups excluding carboxylic acids is 3. The van der Waals surface area contributed by atoms with Crippen LogP contribution in [0.5, 0.6) is 5.75 Å². The van der Waals surface area contributed by atoms with E-state index >= 15 is 0 Å². The number of hydrogen-bond donors (Lipinski definition) is 1. The number of nitrogens with one attached hydrogen (secondary N) is 1. The number of imide groups is 1. The molecule has 1 aromatic rings. The lowest BCUT2D eigenvalue weighted by Crippen LogP contribution is -2.17. The van der Waals surface area contributed by atoms with Gasteiger partial charge >= 0.3 is 5.97 Å². The van der Waals surface area contributed by atoms with Crippen LogP contribution in [0.15, 0.2) is 23.1 Å². The summed E-state index contributed by atoms with van der Waals surface area (Å²) in [7, 11) is 0. The Balaban J connectivity index is 1.70. The van der Waals surface area contributed by atoms with Crippen LogP contribution in [0.1, 0.15) is 44.1 Å². The maximum atomic E-state index is 12.2. The van der Waals surface area contributed by atoms with Crippen molar-refractivity contribution in [3.05, 3.63) is 33.7 Å². The van der Waals surface area contributed by atoms with Crippen molar-refractivity contribution in [1.82, 2.24) is 5.32 Å². The Morgan fingerprint density at radius 1 is 1.28 bits per heavy atom. The minimum absolute atomic E-state index is 0.250. The Kier molecular flexibility index (Phi) is 5.81. The summed E-state index contributed by atoms with van der Waals surface area (Å²) < 4.78 is 5.43. The molecule has 2 amide bonds. The van der Waals surface area contributed by atoms with Gasteiger partial charge < -0.3 is 4.74 Å². The van der Waals surface area contributed by atoms with E-state index in [2.05, 4.69) is 5.32 Å². The maximum absolute atomic E-state index is 12.2. The van der Waals surface area contributed by atoms with Crippen LogP contribution in [-0.4, -0.2) is 17.1 Å². The average molecular weight is 380 g/mol. The third-order valence-corrected chi connectivity index (χ3v) is 5.54. The second kappa shape index (κ2) is 8.06. The molecule has 2 aliphatic rings. The zero-order valence-corrected chi connectivity index (χ0v) is 15.1. The molecule has 0 aromatic heterocycles. The van der Waals surface area contributed by atoms with E-state index in [9.17, 15) is 14.4 Å². The molecule has 1 aromatic carbocycles. The standard InChI is InChI=1S/C18H18ClNO4S/c19-16-12(10-14-17(22)20-18(23)25-14)7-4-8-13(16)24-15(21)9-11-5-2-1-3-6-11/h4,7-8,10-11H,1-3,5-6,9H2,(H,20,22,23). The lowest BCUT2D eigenvalue weighted by molar-refractivity contribution is -0.135. The number of esters is 1. The number of carbonyl (C=O) groups is 3. The van der Waals surface area contributed by atoms with E-state index in [1.54, 1.807) is 18.2 Å². The van der Waals surface area contributed by atoms with E-state index in [-0.39, 0.29) is 21.6 Å². The molecule has 1 heterocycles. The van der Waals surface area contributed by atoms with Gasteiger partial charge in [0.25, 0.3) is 11.1 Å². The quantitative estimate of drug-likeness (QED) is 0.472. The topological polar surface area (TPSA) is 72.5 Å². The third-order valence-electron chi connectivity index (χ3n) is 4.33. The van der Waals surface area contributed by atoms with Crippen LogP contribution in [0.25, 0.3) is 6.08 Å². The molecule has 132 valence electrons. The number of ether oxygens (including phenoxy) is 1. The first-order valence-corrected chi connectivity index (χ1v) is 9.46. The summed E-state index contributed by atoms with van der Waals surface area (Å²) in [6, 6.07) is 5.02. The lowest BCUT2D eigenvalue weighted by atomic mass is 9.87. The first-order chi connectivity index (χ1) is 12.0. The predicted molar refractivity (Wildman–Crippen MR) is 97.4 cm³/mol. The summed E-state index contributed by atoms with van der Waals surface area (Å²) >= 11 is 7.13. The molecule has 0 radical (unpaired) electrons. The lowest BCUT2D eigenvalue weighted by Gasteiger charge is -2.20. The highest BCUT2D eigenvalue weighted by molar-refractivity contribution is 8.18. The molecule has 2 fully saturated rings. The Bertz CT molecular complexity index is 741. The van der Waals surface area contributed by atoms with Gasteiger partial charge in [0.15, 0.2) is 0 Å². The zero-order chi connectivity index (χ0) is 17.8. The summed E-state index contributed by atoms with van der Waals surface area (Å²) in [6.45, 7) is 0. The van der Waals surface area contributed by atoms with Crippen LogP contribution in [0, 0.1) is 5.92 Å². The molecular weight excluding hydrogens is 362 g/mol. The third kappa shape index (κ3) is 4.64. The van der Waals surface area contributed by atoms with Gasteiger partial charge in [-0.2, -0.15) is 0 Å². The fourth-order valence-electron chi connectivity index (χ4n) is 3.07. The largest absolute Gasteiger partial charge is 0.425 e. The second-order valence-corrected chi connectivity index (χ2v) is 7.59.